The number of carbonyl (C=O) groups is 1. The number of carbonyl (C=O) groups excluding carboxylic acids is 1. The summed E-state index contributed by atoms with van der Waals surface area (Å²) in [6, 6.07) is 18.0. The maximum absolute atomic E-state index is 13.4. The summed E-state index contributed by atoms with van der Waals surface area (Å²) in [7, 11) is 0. The van der Waals surface area contributed by atoms with Crippen LogP contribution in [0.2, 0.25) is 0 Å². The predicted molar refractivity (Wildman–Crippen MR) is 123 cm³/mol. The van der Waals surface area contributed by atoms with Gasteiger partial charge in [-0.2, -0.15) is 9.50 Å². The molecular formula is C25H25N5O2. The lowest BCUT2D eigenvalue weighted by Gasteiger charge is -2.15. The second kappa shape index (κ2) is 8.07. The molecule has 1 saturated carbocycles. The van der Waals surface area contributed by atoms with Gasteiger partial charge in [0.05, 0.1) is 0 Å². The third-order valence-corrected chi connectivity index (χ3v) is 5.90. The number of hydrogen-bond donors (Lipinski definition) is 1. The summed E-state index contributed by atoms with van der Waals surface area (Å²) in [5, 5.41) is 7.56. The Balaban J connectivity index is 1.65. The van der Waals surface area contributed by atoms with Crippen LogP contribution in [-0.2, 0) is 17.8 Å². The molecule has 2 aromatic heterocycles. The van der Waals surface area contributed by atoms with E-state index in [0.29, 0.717) is 23.6 Å². The zero-order valence-corrected chi connectivity index (χ0v) is 18.2. The molecule has 1 amide bonds. The molecule has 5 rings (SSSR count). The first kappa shape index (κ1) is 20.2. The topological polar surface area (TPSA) is 81.3 Å². The zero-order chi connectivity index (χ0) is 22.2. The van der Waals surface area contributed by atoms with E-state index < -0.39 is 0 Å². The number of nitrogens with zero attached hydrogens (tertiary/aromatic N) is 4. The highest BCUT2D eigenvalue weighted by Gasteiger charge is 2.25. The smallest absolute Gasteiger partial charge is 0.279 e. The minimum atomic E-state index is -0.203. The molecule has 0 unspecified atom stereocenters. The highest BCUT2D eigenvalue weighted by Crippen LogP contribution is 2.20. The van der Waals surface area contributed by atoms with E-state index in [0.717, 1.165) is 35.2 Å². The average Bonchev–Trinajstić information content (AvgIpc) is 3.49. The van der Waals surface area contributed by atoms with Crippen LogP contribution in [0.25, 0.3) is 17.2 Å². The van der Waals surface area contributed by atoms with E-state index in [4.69, 9.17) is 0 Å². The van der Waals surface area contributed by atoms with Crippen molar-refractivity contribution in [3.63, 3.8) is 0 Å². The number of benzene rings is 2. The quantitative estimate of drug-likeness (QED) is 0.513. The minimum Gasteiger partial charge on any atom is -0.352 e. The summed E-state index contributed by atoms with van der Waals surface area (Å²) < 4.78 is 3.15. The van der Waals surface area contributed by atoms with Crippen LogP contribution in [0.1, 0.15) is 35.2 Å². The van der Waals surface area contributed by atoms with E-state index in [9.17, 15) is 9.59 Å². The molecule has 1 fully saturated rings. The number of aromatic nitrogens is 4. The summed E-state index contributed by atoms with van der Waals surface area (Å²) in [6.45, 7) is 3.99. The minimum absolute atomic E-state index is 0.0771. The third-order valence-electron chi connectivity index (χ3n) is 5.90. The highest BCUT2D eigenvalue weighted by atomic mass is 16.2. The lowest BCUT2D eigenvalue weighted by atomic mass is 10.0. The summed E-state index contributed by atoms with van der Waals surface area (Å²) in [4.78, 5) is 30.7. The van der Waals surface area contributed by atoms with Gasteiger partial charge in [-0.25, -0.2) is 0 Å². The van der Waals surface area contributed by atoms with Crippen LogP contribution < -0.4 is 10.9 Å². The molecule has 0 radical (unpaired) electrons. The lowest BCUT2D eigenvalue weighted by molar-refractivity contribution is -0.121. The van der Waals surface area contributed by atoms with Crippen molar-refractivity contribution in [1.29, 1.82) is 0 Å². The summed E-state index contributed by atoms with van der Waals surface area (Å²) in [6.07, 6.45) is 2.50. The fourth-order valence-electron chi connectivity index (χ4n) is 3.87. The van der Waals surface area contributed by atoms with Gasteiger partial charge in [-0.1, -0.05) is 60.2 Å². The van der Waals surface area contributed by atoms with Crippen molar-refractivity contribution in [2.24, 2.45) is 0 Å². The molecule has 162 valence electrons. The van der Waals surface area contributed by atoms with Gasteiger partial charge < -0.3 is 9.88 Å². The van der Waals surface area contributed by atoms with Crippen LogP contribution >= 0.6 is 0 Å². The van der Waals surface area contributed by atoms with Crippen molar-refractivity contribution in [3.8, 4) is 11.4 Å². The number of aryl methyl sites for hydroxylation is 1. The van der Waals surface area contributed by atoms with Crippen molar-refractivity contribution in [2.45, 2.75) is 45.7 Å². The van der Waals surface area contributed by atoms with E-state index in [-0.39, 0.29) is 24.1 Å². The van der Waals surface area contributed by atoms with Gasteiger partial charge in [0.15, 0.2) is 5.82 Å². The van der Waals surface area contributed by atoms with Gasteiger partial charge in [-0.15, -0.1) is 5.10 Å². The van der Waals surface area contributed by atoms with E-state index >= 15 is 0 Å². The molecule has 1 aliphatic carbocycles. The summed E-state index contributed by atoms with van der Waals surface area (Å²) >= 11 is 0. The molecule has 7 nitrogen and oxygen atoms in total. The molecule has 0 atom stereocenters. The van der Waals surface area contributed by atoms with Crippen molar-refractivity contribution in [3.05, 3.63) is 87.3 Å². The molecule has 0 aliphatic heterocycles. The molecule has 32 heavy (non-hydrogen) atoms. The Labute approximate surface area is 185 Å². The normalized spacial score (nSPS) is 13.4. The zero-order valence-electron chi connectivity index (χ0n) is 18.2. The molecular weight excluding hydrogens is 402 g/mol. The van der Waals surface area contributed by atoms with Crippen LogP contribution in [0.5, 0.6) is 0 Å². The molecule has 0 spiro atoms. The number of rotatable bonds is 6. The first-order chi connectivity index (χ1) is 15.5. The molecule has 1 aliphatic rings. The van der Waals surface area contributed by atoms with Crippen LogP contribution in [0.4, 0.5) is 0 Å². The second-order valence-electron chi connectivity index (χ2n) is 8.47. The van der Waals surface area contributed by atoms with Crippen molar-refractivity contribution < 1.29 is 4.79 Å². The van der Waals surface area contributed by atoms with E-state index in [1.165, 1.54) is 4.52 Å². The molecule has 1 N–H and O–H groups in total. The summed E-state index contributed by atoms with van der Waals surface area (Å²) in [5.74, 6) is 0.771. The van der Waals surface area contributed by atoms with E-state index in [1.807, 2.05) is 73.0 Å². The Kier molecular flexibility index (Phi) is 5.09. The standard InChI is InChI=1S/C25H25N5O2/c1-16-8-10-19(11-9-16)23-27-25-29(15-22(31)26-20-12-13-20)17(2)21(24(32)30(25)28-23)14-18-6-4-3-5-7-18/h3-11,20H,12-15H2,1-2H3,(H,26,31). The van der Waals surface area contributed by atoms with Gasteiger partial charge in [-0.3, -0.25) is 9.59 Å². The van der Waals surface area contributed by atoms with Gasteiger partial charge in [0.2, 0.25) is 11.7 Å². The second-order valence-corrected chi connectivity index (χ2v) is 8.47. The average molecular weight is 428 g/mol. The fourth-order valence-corrected chi connectivity index (χ4v) is 3.87. The van der Waals surface area contributed by atoms with Crippen LogP contribution in [0, 0.1) is 13.8 Å². The van der Waals surface area contributed by atoms with Crippen LogP contribution in [-0.4, -0.2) is 31.1 Å². The largest absolute Gasteiger partial charge is 0.352 e. The van der Waals surface area contributed by atoms with E-state index in [2.05, 4.69) is 15.4 Å². The van der Waals surface area contributed by atoms with Gasteiger partial charge >= 0.3 is 0 Å². The molecule has 2 heterocycles. The Morgan fingerprint density at radius 2 is 1.78 bits per heavy atom. The Bertz CT molecular complexity index is 1350. The molecule has 0 saturated heterocycles. The molecule has 7 heteroatoms. The van der Waals surface area contributed by atoms with Gasteiger partial charge in [0.25, 0.3) is 5.56 Å². The predicted octanol–water partition coefficient (Wildman–Crippen LogP) is 3.04. The Morgan fingerprint density at radius 3 is 2.47 bits per heavy atom. The maximum atomic E-state index is 13.4. The van der Waals surface area contributed by atoms with Gasteiger partial charge in [0.1, 0.15) is 6.54 Å². The van der Waals surface area contributed by atoms with E-state index in [1.54, 1.807) is 0 Å². The monoisotopic (exact) mass is 427 g/mol. The van der Waals surface area contributed by atoms with Crippen LogP contribution in [0.15, 0.2) is 59.4 Å². The molecule has 2 aromatic carbocycles. The van der Waals surface area contributed by atoms with Crippen LogP contribution in [0.3, 0.4) is 0 Å². The highest BCUT2D eigenvalue weighted by molar-refractivity contribution is 5.77. The number of hydrogen-bond acceptors (Lipinski definition) is 4. The third kappa shape index (κ3) is 3.93. The fraction of sp³-hybridized carbons (Fsp3) is 0.280. The number of fused-ring (bicyclic) bond motifs is 1. The first-order valence-corrected chi connectivity index (χ1v) is 10.9. The maximum Gasteiger partial charge on any atom is 0.279 e. The lowest BCUT2D eigenvalue weighted by Crippen LogP contribution is -2.33. The molecule has 0 bridgehead atoms. The SMILES string of the molecule is Cc1ccc(-c2nc3n(CC(=O)NC4CC4)c(C)c(Cc4ccccc4)c(=O)n3n2)cc1. The Hall–Kier alpha value is -3.74. The first-order valence-electron chi connectivity index (χ1n) is 10.9. The van der Waals surface area contributed by atoms with Gasteiger partial charge in [0, 0.05) is 29.3 Å². The van der Waals surface area contributed by atoms with Crippen molar-refractivity contribution >= 4 is 11.7 Å². The summed E-state index contributed by atoms with van der Waals surface area (Å²) in [5.41, 5.74) is 4.14. The Morgan fingerprint density at radius 1 is 1.06 bits per heavy atom. The molecule has 4 aromatic rings. The van der Waals surface area contributed by atoms with Gasteiger partial charge in [-0.05, 0) is 32.3 Å². The van der Waals surface area contributed by atoms with Crippen molar-refractivity contribution in [1.82, 2.24) is 24.5 Å². The van der Waals surface area contributed by atoms with Crippen molar-refractivity contribution in [2.75, 3.05) is 0 Å². The number of nitrogens with one attached hydrogen (secondary N) is 1. The number of amides is 1.